The summed E-state index contributed by atoms with van der Waals surface area (Å²) in [5.74, 6) is 0. The van der Waals surface area contributed by atoms with Gasteiger partial charge in [-0.3, -0.25) is 14.3 Å². The monoisotopic (exact) mass is 284 g/mol. The van der Waals surface area contributed by atoms with Gasteiger partial charge in [-0.1, -0.05) is 0 Å². The van der Waals surface area contributed by atoms with Gasteiger partial charge in [0.2, 0.25) is 0 Å². The minimum Gasteiger partial charge on any atom is -0.393 e. The number of ether oxygens (including phenoxy) is 2. The van der Waals surface area contributed by atoms with Crippen molar-refractivity contribution in [3.63, 3.8) is 0 Å². The molecule has 8 nitrogen and oxygen atoms in total. The highest BCUT2D eigenvalue weighted by Gasteiger charge is 2.65. The molecular formula is C12H16N2O6. The molecule has 3 heterocycles. The van der Waals surface area contributed by atoms with Crippen LogP contribution in [0.1, 0.15) is 18.7 Å². The first-order chi connectivity index (χ1) is 9.40. The van der Waals surface area contributed by atoms with E-state index in [1.54, 1.807) is 13.8 Å². The van der Waals surface area contributed by atoms with Crippen LogP contribution >= 0.6 is 0 Å². The summed E-state index contributed by atoms with van der Waals surface area (Å²) >= 11 is 0. The summed E-state index contributed by atoms with van der Waals surface area (Å²) in [6.07, 6.45) is -1.80. The Morgan fingerprint density at radius 1 is 1.50 bits per heavy atom. The zero-order chi connectivity index (χ0) is 14.7. The van der Waals surface area contributed by atoms with Crippen LogP contribution in [0, 0.1) is 6.92 Å². The van der Waals surface area contributed by atoms with E-state index in [0.717, 1.165) is 0 Å². The molecule has 3 rings (SSSR count). The molecule has 0 saturated carbocycles. The van der Waals surface area contributed by atoms with Crippen LogP contribution in [0.15, 0.2) is 15.8 Å². The minimum atomic E-state index is -1.24. The number of aryl methyl sites for hydroxylation is 1. The van der Waals surface area contributed by atoms with E-state index in [9.17, 15) is 19.8 Å². The van der Waals surface area contributed by atoms with Gasteiger partial charge in [-0.15, -0.1) is 0 Å². The molecule has 0 aliphatic carbocycles. The molecule has 110 valence electrons. The highest BCUT2D eigenvalue weighted by atomic mass is 16.7. The Morgan fingerprint density at radius 2 is 2.20 bits per heavy atom. The molecule has 2 saturated heterocycles. The van der Waals surface area contributed by atoms with Crippen molar-refractivity contribution in [2.75, 3.05) is 6.61 Å². The third-order valence-corrected chi connectivity index (χ3v) is 4.15. The first-order valence-electron chi connectivity index (χ1n) is 6.35. The fourth-order valence-electron chi connectivity index (χ4n) is 2.87. The average molecular weight is 284 g/mol. The second kappa shape index (κ2) is 4.26. The lowest BCUT2D eigenvalue weighted by Crippen LogP contribution is -2.50. The maximum absolute atomic E-state index is 11.9. The number of hydrogen-bond acceptors (Lipinski definition) is 6. The number of fused-ring (bicyclic) bond motifs is 2. The van der Waals surface area contributed by atoms with E-state index in [1.165, 1.54) is 10.8 Å². The second-order valence-electron chi connectivity index (χ2n) is 5.29. The number of aromatic nitrogens is 2. The topological polar surface area (TPSA) is 114 Å². The molecule has 2 bridgehead atoms. The van der Waals surface area contributed by atoms with E-state index in [2.05, 4.69) is 4.98 Å². The molecule has 0 radical (unpaired) electrons. The maximum atomic E-state index is 11.9. The van der Waals surface area contributed by atoms with Gasteiger partial charge in [0.15, 0.2) is 6.23 Å². The van der Waals surface area contributed by atoms with E-state index >= 15 is 0 Å². The van der Waals surface area contributed by atoms with E-state index in [-0.39, 0.29) is 0 Å². The molecule has 5 atom stereocenters. The molecule has 8 heteroatoms. The van der Waals surface area contributed by atoms with Gasteiger partial charge in [0, 0.05) is 11.8 Å². The lowest BCUT2D eigenvalue weighted by atomic mass is 9.95. The Kier molecular flexibility index (Phi) is 2.87. The van der Waals surface area contributed by atoms with E-state index < -0.39 is 48.0 Å². The van der Waals surface area contributed by atoms with Gasteiger partial charge in [-0.05, 0) is 13.8 Å². The van der Waals surface area contributed by atoms with Gasteiger partial charge in [-0.25, -0.2) is 4.79 Å². The molecule has 1 aromatic rings. The van der Waals surface area contributed by atoms with Crippen molar-refractivity contribution in [3.05, 3.63) is 32.6 Å². The number of hydrogen-bond donors (Lipinski definition) is 3. The number of H-pyrrole nitrogens is 1. The first-order valence-corrected chi connectivity index (χ1v) is 6.35. The molecule has 2 aliphatic heterocycles. The third-order valence-electron chi connectivity index (χ3n) is 4.15. The molecule has 2 aliphatic rings. The van der Waals surface area contributed by atoms with Crippen LogP contribution in [0.25, 0.3) is 0 Å². The molecule has 0 spiro atoms. The molecule has 1 aromatic heterocycles. The fourth-order valence-corrected chi connectivity index (χ4v) is 2.87. The van der Waals surface area contributed by atoms with Crippen LogP contribution in [-0.2, 0) is 9.47 Å². The van der Waals surface area contributed by atoms with Gasteiger partial charge < -0.3 is 19.7 Å². The number of rotatable bonds is 2. The van der Waals surface area contributed by atoms with E-state index in [1.807, 2.05) is 0 Å². The predicted molar refractivity (Wildman–Crippen MR) is 66.3 cm³/mol. The van der Waals surface area contributed by atoms with Crippen molar-refractivity contribution < 1.29 is 19.7 Å². The molecule has 3 N–H and O–H groups in total. The molecule has 2 unspecified atom stereocenters. The highest BCUT2D eigenvalue weighted by Crippen LogP contribution is 2.47. The summed E-state index contributed by atoms with van der Waals surface area (Å²) in [5.41, 5.74) is -2.01. The smallest absolute Gasteiger partial charge is 0.330 e. The normalized spacial score (nSPS) is 39.4. The lowest BCUT2D eigenvalue weighted by Gasteiger charge is -2.34. The minimum absolute atomic E-state index is 0.344. The van der Waals surface area contributed by atoms with Gasteiger partial charge in [0.05, 0.1) is 12.7 Å². The van der Waals surface area contributed by atoms with Crippen molar-refractivity contribution in [1.82, 2.24) is 9.55 Å². The van der Waals surface area contributed by atoms with Crippen molar-refractivity contribution in [1.29, 1.82) is 0 Å². The number of aliphatic hydroxyl groups is 2. The molecular weight excluding hydrogens is 268 g/mol. The van der Waals surface area contributed by atoms with Crippen LogP contribution in [0.3, 0.4) is 0 Å². The SMILES string of the molecule is Cc1cn([C@@H]2O[C@]3(CO)C(O)C2O[C@H]3C)c(=O)[nH]c1=O. The Labute approximate surface area is 113 Å². The zero-order valence-corrected chi connectivity index (χ0v) is 11.1. The number of nitrogens with one attached hydrogen (secondary N) is 1. The Morgan fingerprint density at radius 3 is 2.80 bits per heavy atom. The molecule has 0 amide bonds. The quantitative estimate of drug-likeness (QED) is 0.593. The third kappa shape index (κ3) is 1.56. The van der Waals surface area contributed by atoms with E-state index in [0.29, 0.717) is 5.56 Å². The largest absolute Gasteiger partial charge is 0.393 e. The van der Waals surface area contributed by atoms with Gasteiger partial charge in [0.1, 0.15) is 17.8 Å². The standard InChI is InChI=1S/C12H16N2O6/c1-5-3-14(11(18)13-9(5)17)10-7-8(16)12(4-15,20-10)6(2)19-7/h3,6-8,10,15-16H,4H2,1-2H3,(H,13,17,18)/t6-,7?,8?,10+,12-/m0/s1. The van der Waals surface area contributed by atoms with Gasteiger partial charge >= 0.3 is 5.69 Å². The van der Waals surface area contributed by atoms with Gasteiger partial charge in [-0.2, -0.15) is 0 Å². The second-order valence-corrected chi connectivity index (χ2v) is 5.29. The van der Waals surface area contributed by atoms with Crippen molar-refractivity contribution in [2.24, 2.45) is 0 Å². The highest BCUT2D eigenvalue weighted by molar-refractivity contribution is 5.12. The molecule has 2 fully saturated rings. The van der Waals surface area contributed by atoms with Crippen LogP contribution < -0.4 is 11.2 Å². The summed E-state index contributed by atoms with van der Waals surface area (Å²) in [6.45, 7) is 2.83. The van der Waals surface area contributed by atoms with Gasteiger partial charge in [0.25, 0.3) is 5.56 Å². The molecule has 0 aromatic carbocycles. The van der Waals surface area contributed by atoms with E-state index in [4.69, 9.17) is 9.47 Å². The number of nitrogens with zero attached hydrogens (tertiary/aromatic N) is 1. The van der Waals surface area contributed by atoms with Crippen LogP contribution in [0.2, 0.25) is 0 Å². The molecule has 20 heavy (non-hydrogen) atoms. The van der Waals surface area contributed by atoms with Crippen molar-refractivity contribution in [3.8, 4) is 0 Å². The van der Waals surface area contributed by atoms with Crippen molar-refractivity contribution in [2.45, 2.75) is 44.0 Å². The summed E-state index contributed by atoms with van der Waals surface area (Å²) in [7, 11) is 0. The Balaban J connectivity index is 2.05. The predicted octanol–water partition coefficient (Wildman–Crippen LogP) is -1.75. The van der Waals surface area contributed by atoms with Crippen LogP contribution in [-0.4, -0.2) is 50.3 Å². The number of aliphatic hydroxyl groups excluding tert-OH is 2. The van der Waals surface area contributed by atoms with Crippen LogP contribution in [0.5, 0.6) is 0 Å². The van der Waals surface area contributed by atoms with Crippen LogP contribution in [0.4, 0.5) is 0 Å². The maximum Gasteiger partial charge on any atom is 0.330 e. The lowest BCUT2D eigenvalue weighted by molar-refractivity contribution is -0.218. The average Bonchev–Trinajstić information content (AvgIpc) is 2.81. The fraction of sp³-hybridized carbons (Fsp3) is 0.667. The Bertz CT molecular complexity index is 652. The first kappa shape index (κ1) is 13.5. The number of aromatic amines is 1. The van der Waals surface area contributed by atoms with Crippen molar-refractivity contribution >= 4 is 0 Å². The Hall–Kier alpha value is -1.48. The zero-order valence-electron chi connectivity index (χ0n) is 11.1. The summed E-state index contributed by atoms with van der Waals surface area (Å²) in [5, 5.41) is 19.7. The summed E-state index contributed by atoms with van der Waals surface area (Å²) < 4.78 is 12.4. The summed E-state index contributed by atoms with van der Waals surface area (Å²) in [6, 6.07) is 0. The summed E-state index contributed by atoms with van der Waals surface area (Å²) in [4.78, 5) is 25.4.